The lowest BCUT2D eigenvalue weighted by Gasteiger charge is -2.10. The first-order chi connectivity index (χ1) is 14.7. The Labute approximate surface area is 173 Å². The average Bonchev–Trinajstić information content (AvgIpc) is 2.79. The molecule has 30 heavy (non-hydrogen) atoms. The summed E-state index contributed by atoms with van der Waals surface area (Å²) >= 11 is 0. The van der Waals surface area contributed by atoms with E-state index in [4.69, 9.17) is 13.9 Å². The van der Waals surface area contributed by atoms with Gasteiger partial charge in [0, 0.05) is 5.39 Å². The lowest BCUT2D eigenvalue weighted by Crippen LogP contribution is -2.22. The number of nitrogens with zero attached hydrogens (tertiary/aromatic N) is 1. The highest BCUT2D eigenvalue weighted by Gasteiger charge is 2.15. The zero-order valence-electron chi connectivity index (χ0n) is 16.6. The fourth-order valence-electron chi connectivity index (χ4n) is 3.08. The van der Waals surface area contributed by atoms with Crippen molar-refractivity contribution in [1.82, 2.24) is 0 Å². The van der Waals surface area contributed by atoms with E-state index < -0.39 is 0 Å². The van der Waals surface area contributed by atoms with E-state index in [2.05, 4.69) is 10.3 Å². The minimum atomic E-state index is -0.359. The van der Waals surface area contributed by atoms with Crippen LogP contribution in [-0.4, -0.2) is 20.1 Å². The molecule has 0 radical (unpaired) electrons. The van der Waals surface area contributed by atoms with Crippen molar-refractivity contribution in [2.75, 3.05) is 19.5 Å². The molecular formula is C24H20N2O4. The zero-order valence-corrected chi connectivity index (χ0v) is 16.6. The van der Waals surface area contributed by atoms with Gasteiger partial charge in [-0.1, -0.05) is 42.5 Å². The van der Waals surface area contributed by atoms with Crippen molar-refractivity contribution in [2.45, 2.75) is 0 Å². The van der Waals surface area contributed by atoms with Crippen LogP contribution in [0, 0.1) is 0 Å². The van der Waals surface area contributed by atoms with E-state index in [-0.39, 0.29) is 11.5 Å². The number of carbonyl (C=O) groups is 1. The third-order valence-electron chi connectivity index (χ3n) is 4.56. The van der Waals surface area contributed by atoms with Crippen LogP contribution < -0.4 is 20.3 Å². The number of carbonyl (C=O) groups excluding carboxylic acids is 1. The Balaban J connectivity index is 1.86. The van der Waals surface area contributed by atoms with Gasteiger partial charge in [-0.3, -0.25) is 4.79 Å². The molecule has 0 fully saturated rings. The van der Waals surface area contributed by atoms with Crippen LogP contribution in [-0.2, 0) is 0 Å². The Morgan fingerprint density at radius 3 is 2.33 bits per heavy atom. The Morgan fingerprint density at radius 1 is 0.867 bits per heavy atom. The minimum Gasteiger partial charge on any atom is -0.495 e. The van der Waals surface area contributed by atoms with Crippen LogP contribution in [0.1, 0.15) is 10.4 Å². The van der Waals surface area contributed by atoms with Crippen molar-refractivity contribution in [2.24, 2.45) is 4.99 Å². The van der Waals surface area contributed by atoms with Gasteiger partial charge in [-0.2, -0.15) is 0 Å². The van der Waals surface area contributed by atoms with Gasteiger partial charge in [0.05, 0.1) is 19.9 Å². The number of hydrogen-bond donors (Lipinski definition) is 1. The van der Waals surface area contributed by atoms with Crippen LogP contribution in [0.3, 0.4) is 0 Å². The number of methoxy groups -OCH3 is 2. The van der Waals surface area contributed by atoms with Crippen molar-refractivity contribution in [3.8, 4) is 11.5 Å². The molecule has 3 aromatic carbocycles. The van der Waals surface area contributed by atoms with Gasteiger partial charge in [0.15, 0.2) is 0 Å². The predicted molar refractivity (Wildman–Crippen MR) is 115 cm³/mol. The Morgan fingerprint density at radius 2 is 1.53 bits per heavy atom. The van der Waals surface area contributed by atoms with Gasteiger partial charge in [-0.05, 0) is 36.4 Å². The molecule has 0 spiro atoms. The number of anilines is 1. The van der Waals surface area contributed by atoms with Crippen molar-refractivity contribution < 1.29 is 18.7 Å². The third kappa shape index (κ3) is 3.89. The summed E-state index contributed by atoms with van der Waals surface area (Å²) in [6, 6.07) is 23.7. The second-order valence-electron chi connectivity index (χ2n) is 6.44. The van der Waals surface area contributed by atoms with Crippen LogP contribution >= 0.6 is 0 Å². The number of ether oxygens (including phenoxy) is 2. The Kier molecular flexibility index (Phi) is 5.48. The summed E-state index contributed by atoms with van der Waals surface area (Å²) in [4.78, 5) is 17.8. The summed E-state index contributed by atoms with van der Waals surface area (Å²) in [7, 11) is 3.12. The van der Waals surface area contributed by atoms with Crippen molar-refractivity contribution >= 4 is 28.3 Å². The first-order valence-electron chi connectivity index (χ1n) is 9.34. The maximum atomic E-state index is 13.2. The molecule has 6 heteroatoms. The third-order valence-corrected chi connectivity index (χ3v) is 4.56. The van der Waals surface area contributed by atoms with Crippen LogP contribution in [0.15, 0.2) is 88.3 Å². The zero-order chi connectivity index (χ0) is 20.9. The maximum absolute atomic E-state index is 13.2. The molecule has 0 aliphatic carbocycles. The number of rotatable bonds is 5. The number of amides is 1. The van der Waals surface area contributed by atoms with E-state index >= 15 is 0 Å². The van der Waals surface area contributed by atoms with Crippen LogP contribution in [0.2, 0.25) is 0 Å². The van der Waals surface area contributed by atoms with Crippen LogP contribution in [0.4, 0.5) is 11.4 Å². The molecular weight excluding hydrogens is 380 g/mol. The maximum Gasteiger partial charge on any atom is 0.261 e. The van der Waals surface area contributed by atoms with Gasteiger partial charge >= 0.3 is 0 Å². The van der Waals surface area contributed by atoms with Crippen LogP contribution in [0.5, 0.6) is 11.5 Å². The highest BCUT2D eigenvalue weighted by molar-refractivity contribution is 6.06. The minimum absolute atomic E-state index is 0.186. The largest absolute Gasteiger partial charge is 0.495 e. The fraction of sp³-hybridized carbons (Fsp3) is 0.0833. The van der Waals surface area contributed by atoms with E-state index in [1.807, 2.05) is 48.5 Å². The monoisotopic (exact) mass is 400 g/mol. The van der Waals surface area contributed by atoms with E-state index in [1.54, 1.807) is 44.6 Å². The molecule has 150 valence electrons. The summed E-state index contributed by atoms with van der Waals surface area (Å²) < 4.78 is 16.7. The molecule has 0 bridgehead atoms. The Hall–Kier alpha value is -4.06. The normalized spacial score (nSPS) is 11.3. The van der Waals surface area contributed by atoms with Gasteiger partial charge in [0.2, 0.25) is 5.55 Å². The van der Waals surface area contributed by atoms with E-state index in [0.29, 0.717) is 34.0 Å². The molecule has 4 aromatic rings. The van der Waals surface area contributed by atoms with E-state index in [9.17, 15) is 4.79 Å². The van der Waals surface area contributed by atoms with Gasteiger partial charge in [-0.15, -0.1) is 0 Å². The lowest BCUT2D eigenvalue weighted by atomic mass is 10.1. The molecule has 6 nitrogen and oxygen atoms in total. The molecule has 1 heterocycles. The predicted octanol–water partition coefficient (Wildman–Crippen LogP) is 4.93. The first-order valence-corrected chi connectivity index (χ1v) is 9.34. The number of nitrogens with one attached hydrogen (secondary N) is 1. The molecule has 0 unspecified atom stereocenters. The number of hydrogen-bond acceptors (Lipinski definition) is 5. The van der Waals surface area contributed by atoms with Crippen molar-refractivity contribution in [3.63, 3.8) is 0 Å². The summed E-state index contributed by atoms with van der Waals surface area (Å²) in [6.45, 7) is 0. The Bertz CT molecular complexity index is 1280. The topological polar surface area (TPSA) is 73.1 Å². The van der Waals surface area contributed by atoms with Gasteiger partial charge in [0.25, 0.3) is 5.91 Å². The standard InChI is InChI=1S/C24H20N2O4/c1-28-21-13-7-4-10-18(21)25-23(27)17-15-16-9-3-6-12-20(16)30-24(17)26-19-11-5-8-14-22(19)29-2/h3-15H,1-2H3,(H,25,27). The van der Waals surface area contributed by atoms with E-state index in [0.717, 1.165) is 5.39 Å². The second-order valence-corrected chi connectivity index (χ2v) is 6.44. The molecule has 0 atom stereocenters. The van der Waals surface area contributed by atoms with Gasteiger partial charge < -0.3 is 19.2 Å². The molecule has 0 aliphatic heterocycles. The summed E-state index contributed by atoms with van der Waals surface area (Å²) in [5.41, 5.74) is 2.22. The van der Waals surface area contributed by atoms with Crippen molar-refractivity contribution in [3.05, 3.63) is 90.0 Å². The summed E-state index contributed by atoms with van der Waals surface area (Å²) in [5.74, 6) is 0.784. The fourth-order valence-corrected chi connectivity index (χ4v) is 3.08. The number of para-hydroxylation sites is 5. The molecule has 0 aliphatic rings. The average molecular weight is 400 g/mol. The van der Waals surface area contributed by atoms with Crippen molar-refractivity contribution in [1.29, 1.82) is 0 Å². The molecule has 0 saturated carbocycles. The SMILES string of the molecule is COc1ccccc1N=c1oc2ccccc2cc1C(=O)Nc1ccccc1OC. The second kappa shape index (κ2) is 8.53. The summed E-state index contributed by atoms with van der Waals surface area (Å²) in [5, 5.41) is 3.68. The van der Waals surface area contributed by atoms with Gasteiger partial charge in [-0.25, -0.2) is 4.99 Å². The molecule has 1 N–H and O–H groups in total. The van der Waals surface area contributed by atoms with Crippen LogP contribution in [0.25, 0.3) is 11.0 Å². The molecule has 4 rings (SSSR count). The van der Waals surface area contributed by atoms with E-state index in [1.165, 1.54) is 0 Å². The quantitative estimate of drug-likeness (QED) is 0.515. The number of benzene rings is 3. The molecule has 1 aromatic heterocycles. The van der Waals surface area contributed by atoms with Gasteiger partial charge in [0.1, 0.15) is 28.3 Å². The highest BCUT2D eigenvalue weighted by atomic mass is 16.5. The highest BCUT2D eigenvalue weighted by Crippen LogP contribution is 2.27. The molecule has 0 saturated heterocycles. The summed E-state index contributed by atoms with van der Waals surface area (Å²) in [6.07, 6.45) is 0. The first kappa shape index (κ1) is 19.3. The lowest BCUT2D eigenvalue weighted by molar-refractivity contribution is 0.102. The molecule has 1 amide bonds. The number of fused-ring (bicyclic) bond motifs is 1. The smallest absolute Gasteiger partial charge is 0.261 e.